The number of halogens is 1. The summed E-state index contributed by atoms with van der Waals surface area (Å²) >= 11 is 3.45. The zero-order valence-corrected chi connectivity index (χ0v) is 9.34. The zero-order valence-electron chi connectivity index (χ0n) is 7.75. The highest BCUT2D eigenvalue weighted by Crippen LogP contribution is 2.32. The first-order valence-corrected chi connectivity index (χ1v) is 5.34. The largest absolute Gasteiger partial charge is 0.489 e. The van der Waals surface area contributed by atoms with E-state index in [9.17, 15) is 0 Å². The van der Waals surface area contributed by atoms with Gasteiger partial charge in [-0.2, -0.15) is 0 Å². The third-order valence-corrected chi connectivity index (χ3v) is 2.99. The molecule has 0 bridgehead atoms. The van der Waals surface area contributed by atoms with Crippen LogP contribution in [0.1, 0.15) is 5.82 Å². The molecule has 2 aromatic rings. The zero-order chi connectivity index (χ0) is 9.71. The lowest BCUT2D eigenvalue weighted by Gasteiger charge is -2.17. The Morgan fingerprint density at radius 3 is 3.21 bits per heavy atom. The van der Waals surface area contributed by atoms with Crippen LogP contribution in [0.5, 0.6) is 5.75 Å². The number of ether oxygens (including phenoxy) is 1. The monoisotopic (exact) mass is 252 g/mol. The number of rotatable bonds is 0. The van der Waals surface area contributed by atoms with Crippen LogP contribution < -0.4 is 4.74 Å². The molecule has 3 rings (SSSR count). The minimum absolute atomic E-state index is 0.732. The van der Waals surface area contributed by atoms with Crippen LogP contribution in [0.2, 0.25) is 0 Å². The van der Waals surface area contributed by atoms with Crippen LogP contribution >= 0.6 is 15.9 Å². The molecule has 1 aromatic heterocycles. The molecule has 0 saturated carbocycles. The van der Waals surface area contributed by atoms with Crippen molar-refractivity contribution in [3.8, 4) is 5.75 Å². The van der Waals surface area contributed by atoms with Gasteiger partial charge in [0.1, 0.15) is 23.7 Å². The third kappa shape index (κ3) is 1.00. The maximum atomic E-state index is 5.60. The summed E-state index contributed by atoms with van der Waals surface area (Å²) in [5.41, 5.74) is 2.13. The van der Waals surface area contributed by atoms with E-state index in [1.807, 2.05) is 19.1 Å². The van der Waals surface area contributed by atoms with Crippen LogP contribution in [-0.2, 0) is 6.54 Å². The fourth-order valence-electron chi connectivity index (χ4n) is 1.94. The molecule has 0 N–H and O–H groups in total. The summed E-state index contributed by atoms with van der Waals surface area (Å²) in [6, 6.07) is 4.02. The van der Waals surface area contributed by atoms with Crippen molar-refractivity contribution >= 4 is 27.0 Å². The highest BCUT2D eigenvalue weighted by molar-refractivity contribution is 9.10. The maximum Gasteiger partial charge on any atom is 0.146 e. The van der Waals surface area contributed by atoms with Crippen molar-refractivity contribution in [2.45, 2.75) is 13.5 Å². The van der Waals surface area contributed by atoms with Crippen LogP contribution in [-0.4, -0.2) is 16.2 Å². The van der Waals surface area contributed by atoms with Crippen molar-refractivity contribution in [1.29, 1.82) is 0 Å². The summed E-state index contributed by atoms with van der Waals surface area (Å²) in [4.78, 5) is 4.50. The average Bonchev–Trinajstić information content (AvgIpc) is 2.45. The van der Waals surface area contributed by atoms with Crippen LogP contribution in [0.15, 0.2) is 16.6 Å². The Hall–Kier alpha value is -1.03. The van der Waals surface area contributed by atoms with Gasteiger partial charge in [0.05, 0.1) is 12.1 Å². The molecular formula is C10H9BrN2O. The number of hydrogen-bond acceptors (Lipinski definition) is 2. The predicted molar refractivity (Wildman–Crippen MR) is 57.7 cm³/mol. The van der Waals surface area contributed by atoms with Crippen molar-refractivity contribution < 1.29 is 4.74 Å². The van der Waals surface area contributed by atoms with Gasteiger partial charge in [0.25, 0.3) is 0 Å². The first-order valence-electron chi connectivity index (χ1n) is 4.55. The highest BCUT2D eigenvalue weighted by atomic mass is 79.9. The number of hydrogen-bond donors (Lipinski definition) is 0. The van der Waals surface area contributed by atoms with Gasteiger partial charge in [-0.05, 0) is 19.1 Å². The molecule has 14 heavy (non-hydrogen) atoms. The molecule has 0 saturated heterocycles. The first-order chi connectivity index (χ1) is 6.75. The molecule has 2 heterocycles. The molecule has 4 heteroatoms. The van der Waals surface area contributed by atoms with E-state index in [-0.39, 0.29) is 0 Å². The second kappa shape index (κ2) is 2.73. The Morgan fingerprint density at radius 2 is 2.36 bits per heavy atom. The first kappa shape index (κ1) is 8.29. The van der Waals surface area contributed by atoms with Crippen LogP contribution in [0.3, 0.4) is 0 Å². The Balaban J connectivity index is 2.48. The predicted octanol–water partition coefficient (Wildman–Crippen LogP) is 2.50. The van der Waals surface area contributed by atoms with Gasteiger partial charge in [0.2, 0.25) is 0 Å². The summed E-state index contributed by atoms with van der Waals surface area (Å²) in [5, 5.41) is 0. The molecule has 3 nitrogen and oxygen atoms in total. The van der Waals surface area contributed by atoms with Gasteiger partial charge in [0, 0.05) is 4.47 Å². The Labute approximate surface area is 89.8 Å². The van der Waals surface area contributed by atoms with Crippen molar-refractivity contribution in [1.82, 2.24) is 9.55 Å². The fraction of sp³-hybridized carbons (Fsp3) is 0.300. The summed E-state index contributed by atoms with van der Waals surface area (Å²) in [6.07, 6.45) is 0. The van der Waals surface area contributed by atoms with Gasteiger partial charge >= 0.3 is 0 Å². The van der Waals surface area contributed by atoms with E-state index in [1.165, 1.54) is 0 Å². The summed E-state index contributed by atoms with van der Waals surface area (Å²) in [5.74, 6) is 1.99. The van der Waals surface area contributed by atoms with Gasteiger partial charge in [-0.3, -0.25) is 0 Å². The normalized spacial score (nSPS) is 14.4. The molecule has 0 atom stereocenters. The smallest absolute Gasteiger partial charge is 0.146 e. The molecule has 72 valence electrons. The Bertz CT molecular complexity index is 518. The SMILES string of the molecule is Cc1nc2cc(Br)cc3c2n1CCO3. The number of nitrogens with zero attached hydrogens (tertiary/aromatic N) is 2. The summed E-state index contributed by atoms with van der Waals surface area (Å²) in [6.45, 7) is 3.66. The van der Waals surface area contributed by atoms with E-state index in [0.717, 1.165) is 40.2 Å². The highest BCUT2D eigenvalue weighted by Gasteiger charge is 2.17. The van der Waals surface area contributed by atoms with E-state index in [4.69, 9.17) is 4.74 Å². The number of imidazole rings is 1. The van der Waals surface area contributed by atoms with E-state index >= 15 is 0 Å². The van der Waals surface area contributed by atoms with Gasteiger partial charge in [0.15, 0.2) is 0 Å². The molecule has 0 spiro atoms. The van der Waals surface area contributed by atoms with E-state index in [2.05, 4.69) is 25.5 Å². The minimum atomic E-state index is 0.732. The number of aromatic nitrogens is 2. The lowest BCUT2D eigenvalue weighted by Crippen LogP contribution is -2.14. The lowest BCUT2D eigenvalue weighted by atomic mass is 10.2. The fourth-order valence-corrected chi connectivity index (χ4v) is 2.37. The summed E-state index contributed by atoms with van der Waals surface area (Å²) in [7, 11) is 0. The average molecular weight is 253 g/mol. The standard InChI is InChI=1S/C10H9BrN2O/c1-6-12-8-4-7(11)5-9-10(8)13(6)2-3-14-9/h4-5H,2-3H2,1H3. The van der Waals surface area contributed by atoms with E-state index in [0.29, 0.717) is 0 Å². The number of benzene rings is 1. The van der Waals surface area contributed by atoms with Crippen molar-refractivity contribution in [3.05, 3.63) is 22.4 Å². The van der Waals surface area contributed by atoms with E-state index in [1.54, 1.807) is 0 Å². The molecule has 0 aliphatic carbocycles. The summed E-state index contributed by atoms with van der Waals surface area (Å²) < 4.78 is 8.83. The third-order valence-electron chi connectivity index (χ3n) is 2.53. The van der Waals surface area contributed by atoms with Gasteiger partial charge < -0.3 is 9.30 Å². The maximum absolute atomic E-state index is 5.60. The number of aryl methyl sites for hydroxylation is 1. The van der Waals surface area contributed by atoms with Crippen molar-refractivity contribution in [3.63, 3.8) is 0 Å². The topological polar surface area (TPSA) is 27.1 Å². The second-order valence-electron chi connectivity index (χ2n) is 3.43. The lowest BCUT2D eigenvalue weighted by molar-refractivity contribution is 0.285. The van der Waals surface area contributed by atoms with Crippen molar-refractivity contribution in [2.75, 3.05) is 6.61 Å². The molecule has 1 aromatic carbocycles. The molecule has 0 radical (unpaired) electrons. The van der Waals surface area contributed by atoms with Crippen molar-refractivity contribution in [2.24, 2.45) is 0 Å². The van der Waals surface area contributed by atoms with E-state index < -0.39 is 0 Å². The Kier molecular flexibility index (Phi) is 1.62. The molecule has 1 aliphatic heterocycles. The molecule has 1 aliphatic rings. The van der Waals surface area contributed by atoms with Crippen LogP contribution in [0.25, 0.3) is 11.0 Å². The molecule has 0 fully saturated rings. The Morgan fingerprint density at radius 1 is 1.50 bits per heavy atom. The van der Waals surface area contributed by atoms with Crippen LogP contribution in [0.4, 0.5) is 0 Å². The van der Waals surface area contributed by atoms with Gasteiger partial charge in [-0.1, -0.05) is 15.9 Å². The molecule has 0 unspecified atom stereocenters. The van der Waals surface area contributed by atoms with Gasteiger partial charge in [-0.15, -0.1) is 0 Å². The quantitative estimate of drug-likeness (QED) is 0.721. The van der Waals surface area contributed by atoms with Crippen LogP contribution in [0, 0.1) is 6.92 Å². The molecular weight excluding hydrogens is 244 g/mol. The minimum Gasteiger partial charge on any atom is -0.489 e. The molecule has 0 amide bonds. The van der Waals surface area contributed by atoms with Gasteiger partial charge in [-0.25, -0.2) is 4.98 Å². The second-order valence-corrected chi connectivity index (χ2v) is 4.35.